The Morgan fingerprint density at radius 3 is 2.32 bits per heavy atom. The molecule has 0 amide bonds. The van der Waals surface area contributed by atoms with Crippen LogP contribution in [0.3, 0.4) is 0 Å². The molecule has 0 N–H and O–H groups in total. The van der Waals surface area contributed by atoms with Crippen LogP contribution in [0, 0.1) is 0 Å². The van der Waals surface area contributed by atoms with E-state index in [0.29, 0.717) is 35.9 Å². The van der Waals surface area contributed by atoms with E-state index in [0.717, 1.165) is 5.57 Å². The van der Waals surface area contributed by atoms with Gasteiger partial charge in [0.05, 0.1) is 13.2 Å². The molecule has 1 saturated heterocycles. The monoisotopic (exact) mass is 338 g/mol. The van der Waals surface area contributed by atoms with Crippen molar-refractivity contribution in [2.24, 2.45) is 7.05 Å². The summed E-state index contributed by atoms with van der Waals surface area (Å²) in [6.07, 6.45) is 1.82. The number of imidazole rings is 1. The van der Waals surface area contributed by atoms with Gasteiger partial charge in [0.15, 0.2) is 5.79 Å². The smallest absolute Gasteiger partial charge is 0.214 e. The summed E-state index contributed by atoms with van der Waals surface area (Å²) in [5.41, 5.74) is 2.27. The van der Waals surface area contributed by atoms with E-state index in [4.69, 9.17) is 9.47 Å². The van der Waals surface area contributed by atoms with Crippen molar-refractivity contribution in [2.75, 3.05) is 13.2 Å². The number of hydrogen-bond acceptors (Lipinski definition) is 5. The van der Waals surface area contributed by atoms with Crippen LogP contribution in [0.25, 0.3) is 6.08 Å². The Morgan fingerprint density at radius 1 is 1.08 bits per heavy atom. The summed E-state index contributed by atoms with van der Waals surface area (Å²) in [6, 6.07) is 6.84. The average molecular weight is 338 g/mol. The summed E-state index contributed by atoms with van der Waals surface area (Å²) >= 11 is 0. The number of aromatic nitrogens is 2. The number of benzene rings is 1. The summed E-state index contributed by atoms with van der Waals surface area (Å²) in [4.78, 5) is 29.9. The van der Waals surface area contributed by atoms with Gasteiger partial charge in [-0.2, -0.15) is 0 Å². The molecule has 2 aromatic rings. The lowest BCUT2D eigenvalue weighted by atomic mass is 9.90. The van der Waals surface area contributed by atoms with Gasteiger partial charge in [-0.1, -0.05) is 24.3 Å². The maximum absolute atomic E-state index is 12.8. The molecule has 2 heterocycles. The van der Waals surface area contributed by atoms with Gasteiger partial charge in [-0.3, -0.25) is 9.59 Å². The highest BCUT2D eigenvalue weighted by Gasteiger charge is 2.34. The number of ketones is 2. The Labute approximate surface area is 145 Å². The molecule has 6 nitrogen and oxygen atoms in total. The van der Waals surface area contributed by atoms with E-state index < -0.39 is 5.79 Å². The van der Waals surface area contributed by atoms with Crippen LogP contribution in [0.5, 0.6) is 0 Å². The van der Waals surface area contributed by atoms with Crippen molar-refractivity contribution < 1.29 is 19.1 Å². The fraction of sp³-hybridized carbons (Fsp3) is 0.316. The van der Waals surface area contributed by atoms with E-state index in [-0.39, 0.29) is 17.3 Å². The molecule has 0 unspecified atom stereocenters. The molecule has 0 saturated carbocycles. The Kier molecular flexibility index (Phi) is 3.49. The molecule has 4 rings (SSSR count). The van der Waals surface area contributed by atoms with Gasteiger partial charge in [0, 0.05) is 18.2 Å². The maximum atomic E-state index is 12.8. The van der Waals surface area contributed by atoms with E-state index in [2.05, 4.69) is 4.98 Å². The van der Waals surface area contributed by atoms with Crippen LogP contribution in [-0.2, 0) is 16.5 Å². The van der Waals surface area contributed by atoms with E-state index in [1.807, 2.05) is 19.9 Å². The van der Waals surface area contributed by atoms with Crippen LogP contribution in [0.1, 0.15) is 51.8 Å². The van der Waals surface area contributed by atoms with E-state index in [1.165, 1.54) is 0 Å². The minimum Gasteiger partial charge on any atom is -0.346 e. The molecule has 1 aliphatic heterocycles. The number of hydrogen-bond donors (Lipinski definition) is 0. The third-order valence-corrected chi connectivity index (χ3v) is 4.52. The van der Waals surface area contributed by atoms with Gasteiger partial charge in [-0.25, -0.2) is 4.98 Å². The largest absolute Gasteiger partial charge is 0.346 e. The molecule has 1 aliphatic carbocycles. The number of rotatable bonds is 1. The zero-order valence-electron chi connectivity index (χ0n) is 14.3. The number of fused-ring (bicyclic) bond motifs is 2. The SMILES string of the molecule is Cn1c(C=C2COC(C)(C)OC2)nc2c1C(=O)c1ccccc1C2=O. The van der Waals surface area contributed by atoms with Gasteiger partial charge in [-0.15, -0.1) is 0 Å². The van der Waals surface area contributed by atoms with Crippen molar-refractivity contribution in [2.45, 2.75) is 19.6 Å². The summed E-state index contributed by atoms with van der Waals surface area (Å²) in [7, 11) is 1.74. The molecule has 0 spiro atoms. The number of carbonyl (C=O) groups is 2. The Hall–Kier alpha value is -2.57. The van der Waals surface area contributed by atoms with Crippen molar-refractivity contribution in [3.63, 3.8) is 0 Å². The Morgan fingerprint density at radius 2 is 1.68 bits per heavy atom. The van der Waals surface area contributed by atoms with Crippen molar-refractivity contribution in [3.8, 4) is 0 Å². The number of ether oxygens (including phenoxy) is 2. The second kappa shape index (κ2) is 5.47. The van der Waals surface area contributed by atoms with Crippen molar-refractivity contribution in [1.82, 2.24) is 9.55 Å². The van der Waals surface area contributed by atoms with Gasteiger partial charge >= 0.3 is 0 Å². The lowest BCUT2D eigenvalue weighted by Crippen LogP contribution is -2.35. The topological polar surface area (TPSA) is 70.4 Å². The number of carbonyl (C=O) groups excluding carboxylic acids is 2. The zero-order chi connectivity index (χ0) is 17.8. The third-order valence-electron chi connectivity index (χ3n) is 4.52. The maximum Gasteiger partial charge on any atom is 0.214 e. The predicted molar refractivity (Wildman–Crippen MR) is 90.5 cm³/mol. The molecule has 128 valence electrons. The van der Waals surface area contributed by atoms with Crippen LogP contribution in [0.4, 0.5) is 0 Å². The molecule has 0 radical (unpaired) electrons. The molecule has 25 heavy (non-hydrogen) atoms. The Bertz CT molecular complexity index is 925. The second-order valence-electron chi connectivity index (χ2n) is 6.71. The van der Waals surface area contributed by atoms with Gasteiger partial charge in [0.2, 0.25) is 11.6 Å². The predicted octanol–water partition coefficient (Wildman–Crippen LogP) is 2.36. The normalized spacial score (nSPS) is 18.8. The summed E-state index contributed by atoms with van der Waals surface area (Å²) in [6.45, 7) is 4.56. The molecule has 2 aliphatic rings. The first-order valence-corrected chi connectivity index (χ1v) is 8.10. The highest BCUT2D eigenvalue weighted by Crippen LogP contribution is 2.28. The minimum atomic E-state index is -0.605. The van der Waals surface area contributed by atoms with Crippen molar-refractivity contribution in [3.05, 3.63) is 58.2 Å². The van der Waals surface area contributed by atoms with Gasteiger partial charge < -0.3 is 14.0 Å². The van der Waals surface area contributed by atoms with Crippen LogP contribution in [0.2, 0.25) is 0 Å². The van der Waals surface area contributed by atoms with Crippen molar-refractivity contribution in [1.29, 1.82) is 0 Å². The van der Waals surface area contributed by atoms with Crippen LogP contribution in [0.15, 0.2) is 29.8 Å². The molecular weight excluding hydrogens is 320 g/mol. The summed E-state index contributed by atoms with van der Waals surface area (Å²) < 4.78 is 12.9. The fourth-order valence-electron chi connectivity index (χ4n) is 3.08. The first-order chi connectivity index (χ1) is 11.9. The lowest BCUT2D eigenvalue weighted by Gasteiger charge is -2.31. The summed E-state index contributed by atoms with van der Waals surface area (Å²) in [5.74, 6) is -0.461. The van der Waals surface area contributed by atoms with Crippen LogP contribution in [-0.4, -0.2) is 40.1 Å². The molecular formula is C19H18N2O4. The molecule has 1 fully saturated rings. The third kappa shape index (κ3) is 2.54. The molecule has 1 aromatic heterocycles. The first-order valence-electron chi connectivity index (χ1n) is 8.10. The zero-order valence-corrected chi connectivity index (χ0v) is 14.3. The molecule has 0 bridgehead atoms. The van der Waals surface area contributed by atoms with Gasteiger partial charge in [0.25, 0.3) is 0 Å². The average Bonchev–Trinajstić information content (AvgIpc) is 2.92. The first kappa shape index (κ1) is 15.9. The molecule has 1 aromatic carbocycles. The standard InChI is InChI=1S/C19H18N2O4/c1-19(2)24-9-11(10-25-19)8-14-20-15-16(21(14)3)18(23)13-7-5-4-6-12(13)17(15)22/h4-8H,9-10H2,1-3H3. The van der Waals surface area contributed by atoms with Crippen LogP contribution >= 0.6 is 0 Å². The fourth-order valence-corrected chi connectivity index (χ4v) is 3.08. The second-order valence-corrected chi connectivity index (χ2v) is 6.71. The van der Waals surface area contributed by atoms with E-state index in [1.54, 1.807) is 35.9 Å². The number of nitrogens with zero attached hydrogens (tertiary/aromatic N) is 2. The quantitative estimate of drug-likeness (QED) is 0.681. The molecule has 0 atom stereocenters. The van der Waals surface area contributed by atoms with Crippen molar-refractivity contribution >= 4 is 17.6 Å². The van der Waals surface area contributed by atoms with Crippen LogP contribution < -0.4 is 0 Å². The van der Waals surface area contributed by atoms with E-state index in [9.17, 15) is 9.59 Å². The Balaban J connectivity index is 1.75. The lowest BCUT2D eigenvalue weighted by molar-refractivity contribution is -0.225. The summed E-state index contributed by atoms with van der Waals surface area (Å²) in [5, 5.41) is 0. The molecule has 6 heteroatoms. The van der Waals surface area contributed by atoms with E-state index >= 15 is 0 Å². The highest BCUT2D eigenvalue weighted by atomic mass is 16.7. The highest BCUT2D eigenvalue weighted by molar-refractivity contribution is 6.27. The van der Waals surface area contributed by atoms with Gasteiger partial charge in [0.1, 0.15) is 17.2 Å². The van der Waals surface area contributed by atoms with Gasteiger partial charge in [-0.05, 0) is 25.5 Å². The minimum absolute atomic E-state index is 0.179.